The lowest BCUT2D eigenvalue weighted by Gasteiger charge is -2.11. The maximum absolute atomic E-state index is 11.2. The minimum Gasteiger partial charge on any atom is -0.497 e. The third kappa shape index (κ3) is 2.91. The summed E-state index contributed by atoms with van der Waals surface area (Å²) in [5, 5.41) is 9.18. The maximum Gasteiger partial charge on any atom is 0.339 e. The molecule has 0 amide bonds. The van der Waals surface area contributed by atoms with Crippen molar-refractivity contribution in [3.63, 3.8) is 0 Å². The van der Waals surface area contributed by atoms with Crippen molar-refractivity contribution in [3.05, 3.63) is 46.1 Å². The number of ether oxygens (including phenoxy) is 2. The molecule has 0 aliphatic heterocycles. The Morgan fingerprint density at radius 3 is 2.75 bits per heavy atom. The van der Waals surface area contributed by atoms with Crippen LogP contribution in [0.5, 0.6) is 17.4 Å². The Balaban J connectivity index is 2.46. The topological polar surface area (TPSA) is 68.7 Å². The molecule has 0 spiro atoms. The van der Waals surface area contributed by atoms with E-state index in [4.69, 9.17) is 9.47 Å². The Bertz CT molecular complexity index is 658. The van der Waals surface area contributed by atoms with Crippen molar-refractivity contribution in [2.45, 2.75) is 6.92 Å². The molecule has 0 fully saturated rings. The van der Waals surface area contributed by atoms with Crippen LogP contribution in [0.15, 0.2) is 34.9 Å². The predicted molar refractivity (Wildman–Crippen MR) is 76.7 cm³/mol. The Labute approximate surface area is 124 Å². The molecule has 0 aliphatic carbocycles. The summed E-state index contributed by atoms with van der Waals surface area (Å²) >= 11 is 3.37. The third-order valence-electron chi connectivity index (χ3n) is 2.68. The van der Waals surface area contributed by atoms with E-state index < -0.39 is 5.97 Å². The lowest BCUT2D eigenvalue weighted by Crippen LogP contribution is -2.01. The first-order valence-corrected chi connectivity index (χ1v) is 6.52. The summed E-state index contributed by atoms with van der Waals surface area (Å²) in [5.41, 5.74) is 0.982. The fraction of sp³-hybridized carbons (Fsp3) is 0.143. The first-order valence-electron chi connectivity index (χ1n) is 5.73. The van der Waals surface area contributed by atoms with Crippen LogP contribution in [-0.2, 0) is 0 Å². The lowest BCUT2D eigenvalue weighted by molar-refractivity contribution is 0.0694. The van der Waals surface area contributed by atoms with Gasteiger partial charge < -0.3 is 14.6 Å². The number of carbonyl (C=O) groups is 1. The molecule has 0 bridgehead atoms. The number of aryl methyl sites for hydroxylation is 1. The highest BCUT2D eigenvalue weighted by molar-refractivity contribution is 9.10. The van der Waals surface area contributed by atoms with E-state index in [1.165, 1.54) is 19.2 Å². The number of methoxy groups -OCH3 is 1. The van der Waals surface area contributed by atoms with Gasteiger partial charge in [0.2, 0.25) is 5.88 Å². The average Bonchev–Trinajstić information content (AvgIpc) is 2.43. The summed E-state index contributed by atoms with van der Waals surface area (Å²) in [6.07, 6.45) is 1.59. The highest BCUT2D eigenvalue weighted by Gasteiger charge is 2.15. The first kappa shape index (κ1) is 14.3. The van der Waals surface area contributed by atoms with E-state index in [9.17, 15) is 9.90 Å². The molecule has 0 unspecified atom stereocenters. The normalized spacial score (nSPS) is 10.2. The molecule has 0 saturated carbocycles. The second-order valence-electron chi connectivity index (χ2n) is 4.02. The van der Waals surface area contributed by atoms with Crippen LogP contribution >= 0.6 is 15.9 Å². The highest BCUT2D eigenvalue weighted by atomic mass is 79.9. The van der Waals surface area contributed by atoms with E-state index in [0.717, 1.165) is 5.56 Å². The second-order valence-corrected chi connectivity index (χ2v) is 4.81. The summed E-state index contributed by atoms with van der Waals surface area (Å²) in [7, 11) is 1.50. The molecule has 2 rings (SSSR count). The van der Waals surface area contributed by atoms with Crippen molar-refractivity contribution in [1.82, 2.24) is 4.98 Å². The number of pyridine rings is 1. The molecule has 6 heteroatoms. The summed E-state index contributed by atoms with van der Waals surface area (Å²) in [6.45, 7) is 1.89. The molecule has 104 valence electrons. The Hall–Kier alpha value is -2.08. The fourth-order valence-electron chi connectivity index (χ4n) is 1.58. The van der Waals surface area contributed by atoms with Crippen LogP contribution in [0, 0.1) is 6.92 Å². The second kappa shape index (κ2) is 5.92. The molecular formula is C14H12BrNO4. The number of nitrogens with zero attached hydrogens (tertiary/aromatic N) is 1. The largest absolute Gasteiger partial charge is 0.497 e. The average molecular weight is 338 g/mol. The van der Waals surface area contributed by atoms with Gasteiger partial charge in [-0.1, -0.05) is 0 Å². The van der Waals surface area contributed by atoms with Crippen LogP contribution < -0.4 is 9.47 Å². The quantitative estimate of drug-likeness (QED) is 0.922. The Kier molecular flexibility index (Phi) is 4.24. The van der Waals surface area contributed by atoms with E-state index in [1.54, 1.807) is 12.3 Å². The van der Waals surface area contributed by atoms with Crippen molar-refractivity contribution >= 4 is 21.9 Å². The van der Waals surface area contributed by atoms with Gasteiger partial charge in [0.25, 0.3) is 0 Å². The van der Waals surface area contributed by atoms with Crippen molar-refractivity contribution in [2.75, 3.05) is 7.11 Å². The van der Waals surface area contributed by atoms with E-state index in [1.807, 2.05) is 13.0 Å². The number of carboxylic acid groups (broad SMARTS) is 1. The highest BCUT2D eigenvalue weighted by Crippen LogP contribution is 2.33. The zero-order valence-corrected chi connectivity index (χ0v) is 12.5. The number of rotatable bonds is 4. The molecule has 1 heterocycles. The summed E-state index contributed by atoms with van der Waals surface area (Å²) in [6, 6.07) is 6.33. The van der Waals surface area contributed by atoms with Gasteiger partial charge in [0, 0.05) is 12.3 Å². The zero-order valence-electron chi connectivity index (χ0n) is 10.9. The molecule has 0 radical (unpaired) electrons. The van der Waals surface area contributed by atoms with Gasteiger partial charge >= 0.3 is 5.97 Å². The van der Waals surface area contributed by atoms with Gasteiger partial charge in [0.15, 0.2) is 0 Å². The number of hydrogen-bond donors (Lipinski definition) is 1. The van der Waals surface area contributed by atoms with Gasteiger partial charge in [-0.25, -0.2) is 9.78 Å². The van der Waals surface area contributed by atoms with Gasteiger partial charge in [-0.05, 0) is 46.6 Å². The molecule has 0 atom stereocenters. The molecular weight excluding hydrogens is 326 g/mol. The van der Waals surface area contributed by atoms with E-state index in [0.29, 0.717) is 16.1 Å². The van der Waals surface area contributed by atoms with Crippen LogP contribution in [-0.4, -0.2) is 23.2 Å². The van der Waals surface area contributed by atoms with Gasteiger partial charge in [-0.2, -0.15) is 0 Å². The van der Waals surface area contributed by atoms with Gasteiger partial charge in [-0.3, -0.25) is 0 Å². The summed E-state index contributed by atoms with van der Waals surface area (Å²) in [5.74, 6) is -0.0865. The third-order valence-corrected chi connectivity index (χ3v) is 3.64. The maximum atomic E-state index is 11.2. The van der Waals surface area contributed by atoms with Gasteiger partial charge in [-0.15, -0.1) is 0 Å². The van der Waals surface area contributed by atoms with Crippen molar-refractivity contribution in [3.8, 4) is 17.4 Å². The van der Waals surface area contributed by atoms with Crippen LogP contribution in [0.3, 0.4) is 0 Å². The van der Waals surface area contributed by atoms with Gasteiger partial charge in [0.1, 0.15) is 17.1 Å². The number of carboxylic acids is 1. The fourth-order valence-corrected chi connectivity index (χ4v) is 1.90. The standard InChI is InChI=1S/C14H12BrNO4/c1-8-5-6-16-13(12(8)15)20-11-7-9(19-2)3-4-10(11)14(17)18/h3-7H,1-2H3,(H,17,18). The zero-order chi connectivity index (χ0) is 14.7. The molecule has 5 nitrogen and oxygen atoms in total. The molecule has 1 N–H and O–H groups in total. The van der Waals surface area contributed by atoms with E-state index in [-0.39, 0.29) is 11.3 Å². The minimum atomic E-state index is -1.08. The number of aromatic carboxylic acids is 1. The van der Waals surface area contributed by atoms with E-state index >= 15 is 0 Å². The van der Waals surface area contributed by atoms with Crippen LogP contribution in [0.25, 0.3) is 0 Å². The van der Waals surface area contributed by atoms with E-state index in [2.05, 4.69) is 20.9 Å². The monoisotopic (exact) mass is 337 g/mol. The van der Waals surface area contributed by atoms with Crippen LogP contribution in [0.1, 0.15) is 15.9 Å². The number of halogens is 1. The summed E-state index contributed by atoms with van der Waals surface area (Å²) < 4.78 is 11.4. The Morgan fingerprint density at radius 2 is 2.10 bits per heavy atom. The molecule has 0 aliphatic rings. The smallest absolute Gasteiger partial charge is 0.339 e. The predicted octanol–water partition coefficient (Wildman–Crippen LogP) is 3.65. The van der Waals surface area contributed by atoms with Crippen LogP contribution in [0.2, 0.25) is 0 Å². The van der Waals surface area contributed by atoms with Crippen molar-refractivity contribution < 1.29 is 19.4 Å². The number of hydrogen-bond acceptors (Lipinski definition) is 4. The van der Waals surface area contributed by atoms with Crippen LogP contribution in [0.4, 0.5) is 0 Å². The van der Waals surface area contributed by atoms with Crippen molar-refractivity contribution in [2.24, 2.45) is 0 Å². The SMILES string of the molecule is COc1ccc(C(=O)O)c(Oc2nccc(C)c2Br)c1. The molecule has 0 saturated heterocycles. The Morgan fingerprint density at radius 1 is 1.35 bits per heavy atom. The minimum absolute atomic E-state index is 0.0426. The molecule has 1 aromatic heterocycles. The van der Waals surface area contributed by atoms with Crippen molar-refractivity contribution in [1.29, 1.82) is 0 Å². The summed E-state index contributed by atoms with van der Waals surface area (Å²) in [4.78, 5) is 15.3. The molecule has 1 aromatic carbocycles. The number of aromatic nitrogens is 1. The molecule has 2 aromatic rings. The first-order chi connectivity index (χ1) is 9.52. The van der Waals surface area contributed by atoms with Gasteiger partial charge in [0.05, 0.1) is 11.6 Å². The lowest BCUT2D eigenvalue weighted by atomic mass is 10.2. The molecule has 20 heavy (non-hydrogen) atoms. The number of benzene rings is 1.